The molecule has 3 rings (SSSR count). The normalized spacial score (nSPS) is 16.2. The molecule has 1 aromatic carbocycles. The summed E-state index contributed by atoms with van der Waals surface area (Å²) < 4.78 is 1.25. The van der Waals surface area contributed by atoms with Crippen molar-refractivity contribution in [3.63, 3.8) is 0 Å². The maximum Gasteiger partial charge on any atom is 0.323 e. The third kappa shape index (κ3) is 3.75. The van der Waals surface area contributed by atoms with Gasteiger partial charge in [-0.1, -0.05) is 52.0 Å². The lowest BCUT2D eigenvalue weighted by molar-refractivity contribution is -0.140. The third-order valence-electron chi connectivity index (χ3n) is 3.07. The Labute approximate surface area is 159 Å². The molecule has 0 saturated carbocycles. The number of rotatable bonds is 4. The van der Waals surface area contributed by atoms with E-state index in [1.807, 2.05) is 24.3 Å². The lowest BCUT2D eigenvalue weighted by Gasteiger charge is -2.09. The Balaban J connectivity index is 1.82. The van der Waals surface area contributed by atoms with Gasteiger partial charge in [-0.25, -0.2) is 4.98 Å². The zero-order chi connectivity index (χ0) is 17.3. The summed E-state index contributed by atoms with van der Waals surface area (Å²) in [5.74, 6) is -1.49. The number of aromatic nitrogens is 1. The molecule has 24 heavy (non-hydrogen) atoms. The first-order valence-electron chi connectivity index (χ1n) is 6.63. The van der Waals surface area contributed by atoms with Crippen LogP contribution in [0, 0.1) is 0 Å². The molecule has 2 aromatic rings. The number of benzene rings is 1. The fraction of sp³-hybridized carbons (Fsp3) is 0.0667. The van der Waals surface area contributed by atoms with Gasteiger partial charge in [-0.05, 0) is 23.8 Å². The van der Waals surface area contributed by atoms with Crippen molar-refractivity contribution >= 4 is 73.5 Å². The average Bonchev–Trinajstić information content (AvgIpc) is 3.09. The van der Waals surface area contributed by atoms with Crippen LogP contribution in [0.5, 0.6) is 0 Å². The summed E-state index contributed by atoms with van der Waals surface area (Å²) in [4.78, 5) is 29.8. The van der Waals surface area contributed by atoms with Crippen LogP contribution in [-0.4, -0.2) is 37.7 Å². The van der Waals surface area contributed by atoms with Crippen molar-refractivity contribution in [2.45, 2.75) is 0 Å². The van der Waals surface area contributed by atoms with Gasteiger partial charge in [0.2, 0.25) is 0 Å². The monoisotopic (exact) mass is 440 g/mol. The number of thiocarbonyl (C=S) groups is 1. The molecule has 0 spiro atoms. The first-order chi connectivity index (χ1) is 11.4. The molecule has 1 aliphatic rings. The largest absolute Gasteiger partial charge is 0.480 e. The molecule has 1 aliphatic heterocycles. The van der Waals surface area contributed by atoms with Crippen molar-refractivity contribution in [3.8, 4) is 10.4 Å². The van der Waals surface area contributed by atoms with E-state index in [0.717, 1.165) is 31.6 Å². The van der Waals surface area contributed by atoms with Crippen LogP contribution in [0.2, 0.25) is 0 Å². The molecular weight excluding hydrogens is 432 g/mol. The molecular formula is C15H9BrN2O3S3. The van der Waals surface area contributed by atoms with E-state index in [1.54, 1.807) is 12.3 Å². The van der Waals surface area contributed by atoms with Crippen LogP contribution in [0.25, 0.3) is 16.5 Å². The van der Waals surface area contributed by atoms with Crippen LogP contribution in [0.4, 0.5) is 0 Å². The third-order valence-corrected chi connectivity index (χ3v) is 5.97. The first-order valence-corrected chi connectivity index (χ1v) is 9.46. The van der Waals surface area contributed by atoms with E-state index in [9.17, 15) is 9.59 Å². The lowest BCUT2D eigenvalue weighted by atomic mass is 10.2. The summed E-state index contributed by atoms with van der Waals surface area (Å²) in [5.41, 5.74) is 1.04. The molecule has 1 N–H and O–H groups in total. The minimum Gasteiger partial charge on any atom is -0.480 e. The van der Waals surface area contributed by atoms with Crippen LogP contribution >= 0.6 is 51.2 Å². The van der Waals surface area contributed by atoms with Gasteiger partial charge < -0.3 is 5.11 Å². The molecule has 2 heterocycles. The number of carboxylic acids is 1. The van der Waals surface area contributed by atoms with E-state index in [1.165, 1.54) is 11.3 Å². The number of thiazole rings is 1. The van der Waals surface area contributed by atoms with Gasteiger partial charge in [0.1, 0.15) is 15.9 Å². The molecule has 0 radical (unpaired) electrons. The minimum atomic E-state index is -1.10. The van der Waals surface area contributed by atoms with Crippen molar-refractivity contribution in [2.75, 3.05) is 6.54 Å². The van der Waals surface area contributed by atoms with Crippen LogP contribution in [-0.2, 0) is 9.59 Å². The van der Waals surface area contributed by atoms with Crippen molar-refractivity contribution in [1.82, 2.24) is 9.88 Å². The molecule has 1 fully saturated rings. The maximum absolute atomic E-state index is 12.2. The molecule has 1 saturated heterocycles. The summed E-state index contributed by atoms with van der Waals surface area (Å²) in [7, 11) is 0. The van der Waals surface area contributed by atoms with Gasteiger partial charge in [0.25, 0.3) is 5.91 Å². The first kappa shape index (κ1) is 17.3. The number of carbonyl (C=O) groups excluding carboxylic acids is 1. The summed E-state index contributed by atoms with van der Waals surface area (Å²) in [6, 6.07) is 7.86. The number of hydrogen-bond donors (Lipinski definition) is 1. The van der Waals surface area contributed by atoms with Crippen LogP contribution in [0.3, 0.4) is 0 Å². The van der Waals surface area contributed by atoms with Crippen LogP contribution in [0.1, 0.15) is 5.01 Å². The zero-order valence-corrected chi connectivity index (χ0v) is 16.0. The number of thioether (sulfide) groups is 1. The summed E-state index contributed by atoms with van der Waals surface area (Å²) in [6.45, 7) is -0.427. The Bertz CT molecular complexity index is 861. The van der Waals surface area contributed by atoms with Crippen LogP contribution in [0.15, 0.2) is 39.8 Å². The number of nitrogens with zero attached hydrogens (tertiary/aromatic N) is 2. The highest BCUT2D eigenvalue weighted by Crippen LogP contribution is 2.34. The highest BCUT2D eigenvalue weighted by atomic mass is 79.9. The van der Waals surface area contributed by atoms with Crippen molar-refractivity contribution in [3.05, 3.63) is 44.8 Å². The summed E-state index contributed by atoms with van der Waals surface area (Å²) in [6.07, 6.45) is 3.39. The van der Waals surface area contributed by atoms with Crippen molar-refractivity contribution < 1.29 is 14.7 Å². The Hall–Kier alpha value is -1.55. The smallest absolute Gasteiger partial charge is 0.323 e. The van der Waals surface area contributed by atoms with E-state index >= 15 is 0 Å². The number of aliphatic carboxylic acids is 1. The van der Waals surface area contributed by atoms with Gasteiger partial charge in [-0.15, -0.1) is 11.3 Å². The predicted molar refractivity (Wildman–Crippen MR) is 103 cm³/mol. The molecule has 1 aromatic heterocycles. The number of amides is 1. The van der Waals surface area contributed by atoms with Gasteiger partial charge in [-0.2, -0.15) is 0 Å². The summed E-state index contributed by atoms with van der Waals surface area (Å²) >= 11 is 11.0. The maximum atomic E-state index is 12.2. The molecule has 0 atom stereocenters. The standard InChI is InChI=1S/C15H9BrN2O3S3/c16-9-3-1-8(2-4-9)11-6-17-12(23-11)5-10-14(21)18(7-13(19)20)15(22)24-10/h1-6H,7H2,(H,19,20). The highest BCUT2D eigenvalue weighted by Gasteiger charge is 2.33. The second-order valence-electron chi connectivity index (χ2n) is 4.73. The average molecular weight is 441 g/mol. The molecule has 5 nitrogen and oxygen atoms in total. The fourth-order valence-electron chi connectivity index (χ4n) is 1.99. The fourth-order valence-corrected chi connectivity index (χ4v) is 4.42. The van der Waals surface area contributed by atoms with E-state index in [0.29, 0.717) is 9.91 Å². The van der Waals surface area contributed by atoms with Gasteiger partial charge in [-0.3, -0.25) is 14.5 Å². The Morgan fingerprint density at radius 1 is 1.38 bits per heavy atom. The van der Waals surface area contributed by atoms with Gasteiger partial charge in [0.15, 0.2) is 0 Å². The summed E-state index contributed by atoms with van der Waals surface area (Å²) in [5, 5.41) is 9.51. The molecule has 0 unspecified atom stereocenters. The molecule has 0 bridgehead atoms. The number of carboxylic acid groups (broad SMARTS) is 1. The van der Waals surface area contributed by atoms with E-state index in [-0.39, 0.29) is 4.32 Å². The Morgan fingerprint density at radius 2 is 2.08 bits per heavy atom. The minimum absolute atomic E-state index is 0.248. The molecule has 9 heteroatoms. The number of carbonyl (C=O) groups is 2. The number of hydrogen-bond acceptors (Lipinski definition) is 6. The highest BCUT2D eigenvalue weighted by molar-refractivity contribution is 9.10. The molecule has 122 valence electrons. The van der Waals surface area contributed by atoms with E-state index < -0.39 is 18.4 Å². The molecule has 1 amide bonds. The van der Waals surface area contributed by atoms with Crippen molar-refractivity contribution in [2.24, 2.45) is 0 Å². The quantitative estimate of drug-likeness (QED) is 0.574. The van der Waals surface area contributed by atoms with E-state index in [4.69, 9.17) is 17.3 Å². The Kier molecular flexibility index (Phi) is 5.14. The predicted octanol–water partition coefficient (Wildman–Crippen LogP) is 3.86. The SMILES string of the molecule is O=C(O)CN1C(=O)C(=Cc2ncc(-c3ccc(Br)cc3)s2)SC1=S. The Morgan fingerprint density at radius 3 is 2.75 bits per heavy atom. The second kappa shape index (κ2) is 7.14. The second-order valence-corrected chi connectivity index (χ2v) is 8.38. The van der Waals surface area contributed by atoms with Gasteiger partial charge in [0, 0.05) is 10.7 Å². The van der Waals surface area contributed by atoms with Gasteiger partial charge >= 0.3 is 5.97 Å². The van der Waals surface area contributed by atoms with Crippen molar-refractivity contribution in [1.29, 1.82) is 0 Å². The zero-order valence-electron chi connectivity index (χ0n) is 11.9. The van der Waals surface area contributed by atoms with Gasteiger partial charge in [0.05, 0.1) is 9.78 Å². The van der Waals surface area contributed by atoms with Crippen LogP contribution < -0.4 is 0 Å². The topological polar surface area (TPSA) is 70.5 Å². The lowest BCUT2D eigenvalue weighted by Crippen LogP contribution is -2.33. The van der Waals surface area contributed by atoms with E-state index in [2.05, 4.69) is 20.9 Å². The number of halogens is 1. The molecule has 0 aliphatic carbocycles.